The lowest BCUT2D eigenvalue weighted by molar-refractivity contribution is -0.119. The standard InChI is InChI=1S/C22H22FN3O2/c23-14-8-9-15-13(11-14)12-16-20(15)21(16)25-22(28)24-17-5-1-2-6-18(17)26-10-4-3-7-19(26)27/h1-2,5-6,8-9,11,16,20-21H,3-4,7,10,12H2,(H2,24,25,28). The van der Waals surface area contributed by atoms with Crippen molar-refractivity contribution in [2.75, 3.05) is 16.8 Å². The second-order valence-corrected chi connectivity index (χ2v) is 7.88. The Bertz CT molecular complexity index is 961. The number of hydrogen-bond acceptors (Lipinski definition) is 2. The van der Waals surface area contributed by atoms with E-state index in [4.69, 9.17) is 0 Å². The van der Waals surface area contributed by atoms with E-state index in [9.17, 15) is 14.0 Å². The molecule has 2 N–H and O–H groups in total. The van der Waals surface area contributed by atoms with E-state index in [1.165, 1.54) is 6.07 Å². The lowest BCUT2D eigenvalue weighted by Gasteiger charge is -2.28. The van der Waals surface area contributed by atoms with Crippen molar-refractivity contribution in [2.24, 2.45) is 5.92 Å². The van der Waals surface area contributed by atoms with Crippen LogP contribution in [0.3, 0.4) is 0 Å². The van der Waals surface area contributed by atoms with Gasteiger partial charge in [0.2, 0.25) is 5.91 Å². The van der Waals surface area contributed by atoms with E-state index in [0.717, 1.165) is 36.1 Å². The number of nitrogens with zero attached hydrogens (tertiary/aromatic N) is 1. The number of halogens is 1. The van der Waals surface area contributed by atoms with Gasteiger partial charge in [-0.25, -0.2) is 9.18 Å². The molecule has 144 valence electrons. The molecule has 28 heavy (non-hydrogen) atoms. The number of amides is 3. The summed E-state index contributed by atoms with van der Waals surface area (Å²) < 4.78 is 13.4. The molecule has 1 saturated heterocycles. The molecule has 5 nitrogen and oxygen atoms in total. The third kappa shape index (κ3) is 2.93. The Balaban J connectivity index is 1.27. The number of carbonyl (C=O) groups excluding carboxylic acids is 2. The average Bonchev–Trinajstić information content (AvgIpc) is 3.19. The zero-order valence-electron chi connectivity index (χ0n) is 15.5. The molecule has 3 aliphatic rings. The maximum Gasteiger partial charge on any atom is 0.319 e. The lowest BCUT2D eigenvalue weighted by Crippen LogP contribution is -2.37. The molecular formula is C22H22FN3O2. The van der Waals surface area contributed by atoms with E-state index >= 15 is 0 Å². The highest BCUT2D eigenvalue weighted by molar-refractivity contribution is 6.01. The molecule has 3 unspecified atom stereocenters. The molecule has 0 aromatic heterocycles. The quantitative estimate of drug-likeness (QED) is 0.852. The highest BCUT2D eigenvalue weighted by Gasteiger charge is 2.56. The number of piperidine rings is 1. The minimum Gasteiger partial charge on any atom is -0.334 e. The molecule has 2 aromatic rings. The van der Waals surface area contributed by atoms with E-state index in [1.54, 1.807) is 11.0 Å². The van der Waals surface area contributed by atoms with Gasteiger partial charge >= 0.3 is 6.03 Å². The Morgan fingerprint density at radius 3 is 2.86 bits per heavy atom. The summed E-state index contributed by atoms with van der Waals surface area (Å²) in [4.78, 5) is 26.6. The number of nitrogens with one attached hydrogen (secondary N) is 2. The number of anilines is 2. The Labute approximate surface area is 162 Å². The van der Waals surface area contributed by atoms with Gasteiger partial charge in [-0.1, -0.05) is 18.2 Å². The molecule has 0 radical (unpaired) electrons. The summed E-state index contributed by atoms with van der Waals surface area (Å²) in [7, 11) is 0. The topological polar surface area (TPSA) is 61.4 Å². The third-order valence-electron chi connectivity index (χ3n) is 6.15. The van der Waals surface area contributed by atoms with Crippen molar-refractivity contribution in [1.29, 1.82) is 0 Å². The molecule has 2 aromatic carbocycles. The normalized spacial score (nSPS) is 25.1. The van der Waals surface area contributed by atoms with Crippen molar-refractivity contribution in [3.05, 3.63) is 59.4 Å². The van der Waals surface area contributed by atoms with Gasteiger partial charge in [-0.15, -0.1) is 0 Å². The number of benzene rings is 2. The van der Waals surface area contributed by atoms with Crippen LogP contribution in [0.4, 0.5) is 20.6 Å². The first-order chi connectivity index (χ1) is 13.6. The molecule has 2 aliphatic carbocycles. The summed E-state index contributed by atoms with van der Waals surface area (Å²) in [6.45, 7) is 0.680. The van der Waals surface area contributed by atoms with Gasteiger partial charge in [0.1, 0.15) is 5.82 Å². The molecule has 1 heterocycles. The fourth-order valence-electron chi connectivity index (χ4n) is 4.76. The summed E-state index contributed by atoms with van der Waals surface area (Å²) in [5.41, 5.74) is 3.60. The summed E-state index contributed by atoms with van der Waals surface area (Å²) in [6, 6.07) is 12.2. The molecule has 0 spiro atoms. The maximum absolute atomic E-state index is 13.4. The number of fused-ring (bicyclic) bond motifs is 3. The zero-order chi connectivity index (χ0) is 19.3. The van der Waals surface area contributed by atoms with Crippen LogP contribution in [-0.4, -0.2) is 24.5 Å². The predicted octanol–water partition coefficient (Wildman–Crippen LogP) is 3.80. The van der Waals surface area contributed by atoms with Crippen molar-refractivity contribution >= 4 is 23.3 Å². The van der Waals surface area contributed by atoms with Crippen LogP contribution in [-0.2, 0) is 11.2 Å². The first-order valence-electron chi connectivity index (χ1n) is 9.87. The largest absolute Gasteiger partial charge is 0.334 e. The van der Waals surface area contributed by atoms with Crippen LogP contribution in [0, 0.1) is 11.7 Å². The van der Waals surface area contributed by atoms with Crippen molar-refractivity contribution in [1.82, 2.24) is 5.32 Å². The van der Waals surface area contributed by atoms with Gasteiger partial charge in [-0.3, -0.25) is 4.79 Å². The van der Waals surface area contributed by atoms with E-state index in [2.05, 4.69) is 10.6 Å². The molecule has 6 heteroatoms. The summed E-state index contributed by atoms with van der Waals surface area (Å²) >= 11 is 0. The Morgan fingerprint density at radius 2 is 2.00 bits per heavy atom. The zero-order valence-corrected chi connectivity index (χ0v) is 15.5. The van der Waals surface area contributed by atoms with Crippen molar-refractivity contribution in [2.45, 2.75) is 37.6 Å². The smallest absolute Gasteiger partial charge is 0.319 e. The van der Waals surface area contributed by atoms with Gasteiger partial charge in [0.25, 0.3) is 0 Å². The highest BCUT2D eigenvalue weighted by atomic mass is 19.1. The van der Waals surface area contributed by atoms with E-state index in [1.807, 2.05) is 30.3 Å². The van der Waals surface area contributed by atoms with Gasteiger partial charge < -0.3 is 15.5 Å². The monoisotopic (exact) mass is 379 g/mol. The lowest BCUT2D eigenvalue weighted by atomic mass is 10.0. The van der Waals surface area contributed by atoms with Crippen LogP contribution >= 0.6 is 0 Å². The molecule has 1 aliphatic heterocycles. The highest BCUT2D eigenvalue weighted by Crippen LogP contribution is 2.56. The number of urea groups is 1. The molecule has 0 bridgehead atoms. The minimum absolute atomic E-state index is 0.0849. The molecule has 5 rings (SSSR count). The third-order valence-corrected chi connectivity index (χ3v) is 6.15. The predicted molar refractivity (Wildman–Crippen MR) is 105 cm³/mol. The van der Waals surface area contributed by atoms with Crippen LogP contribution in [0.1, 0.15) is 36.3 Å². The number of hydrogen-bond donors (Lipinski definition) is 2. The molecule has 2 fully saturated rings. The second-order valence-electron chi connectivity index (χ2n) is 7.88. The van der Waals surface area contributed by atoms with Gasteiger partial charge in [0, 0.05) is 24.9 Å². The van der Waals surface area contributed by atoms with Crippen molar-refractivity contribution in [3.63, 3.8) is 0 Å². The molecular weight excluding hydrogens is 357 g/mol. The minimum atomic E-state index is -0.264. The fraction of sp³-hybridized carbons (Fsp3) is 0.364. The average molecular weight is 379 g/mol. The molecule has 1 saturated carbocycles. The van der Waals surface area contributed by atoms with Gasteiger partial charge in [-0.2, -0.15) is 0 Å². The Morgan fingerprint density at radius 1 is 1.14 bits per heavy atom. The number of para-hydroxylation sites is 2. The Kier molecular flexibility index (Phi) is 4.07. The van der Waals surface area contributed by atoms with Gasteiger partial charge in [-0.05, 0) is 60.6 Å². The maximum atomic E-state index is 13.4. The summed E-state index contributed by atoms with van der Waals surface area (Å²) in [5, 5.41) is 5.97. The fourth-order valence-corrected chi connectivity index (χ4v) is 4.76. The first kappa shape index (κ1) is 17.2. The molecule has 3 amide bonds. The number of carbonyl (C=O) groups is 2. The molecule has 3 atom stereocenters. The summed E-state index contributed by atoms with van der Waals surface area (Å²) in [6.07, 6.45) is 3.24. The van der Waals surface area contributed by atoms with Gasteiger partial charge in [0.15, 0.2) is 0 Å². The first-order valence-corrected chi connectivity index (χ1v) is 9.87. The second kappa shape index (κ2) is 6.62. The van der Waals surface area contributed by atoms with Crippen LogP contribution in [0.25, 0.3) is 0 Å². The van der Waals surface area contributed by atoms with Crippen LogP contribution in [0.2, 0.25) is 0 Å². The summed E-state index contributed by atoms with van der Waals surface area (Å²) in [5.74, 6) is 0.523. The number of rotatable bonds is 3. The van der Waals surface area contributed by atoms with Crippen LogP contribution in [0.5, 0.6) is 0 Å². The van der Waals surface area contributed by atoms with Crippen LogP contribution in [0.15, 0.2) is 42.5 Å². The van der Waals surface area contributed by atoms with E-state index in [-0.39, 0.29) is 29.7 Å². The van der Waals surface area contributed by atoms with E-state index < -0.39 is 0 Å². The van der Waals surface area contributed by atoms with E-state index in [0.29, 0.717) is 24.6 Å². The SMILES string of the molecule is O=C(Nc1ccccc1N1CCCCC1=O)NC1C2Cc3cc(F)ccc3C21. The van der Waals surface area contributed by atoms with Crippen molar-refractivity contribution < 1.29 is 14.0 Å². The Hall–Kier alpha value is -2.89. The van der Waals surface area contributed by atoms with Gasteiger partial charge in [0.05, 0.1) is 11.4 Å². The van der Waals surface area contributed by atoms with Crippen molar-refractivity contribution in [3.8, 4) is 0 Å². The van der Waals surface area contributed by atoms with Crippen LogP contribution < -0.4 is 15.5 Å².